The first-order valence-corrected chi connectivity index (χ1v) is 21.0. The zero-order valence-corrected chi connectivity index (χ0v) is 33.6. The molecule has 2 aromatic heterocycles. The summed E-state index contributed by atoms with van der Waals surface area (Å²) in [5.74, 6) is 1.41. The molecule has 1 atom stereocenters. The second-order valence-corrected chi connectivity index (χ2v) is 15.8. The van der Waals surface area contributed by atoms with Crippen molar-refractivity contribution in [3.63, 3.8) is 0 Å². The van der Waals surface area contributed by atoms with Crippen LogP contribution in [0.15, 0.2) is 233 Å². The molecule has 5 nitrogen and oxygen atoms in total. The molecule has 0 amide bonds. The van der Waals surface area contributed by atoms with Crippen LogP contribution in [0.1, 0.15) is 22.9 Å². The predicted octanol–water partition coefficient (Wildman–Crippen LogP) is 14.2. The molecule has 0 aliphatic carbocycles. The average molecular weight is 795 g/mol. The monoisotopic (exact) mass is 794 g/mol. The van der Waals surface area contributed by atoms with Crippen molar-refractivity contribution < 1.29 is 4.42 Å². The molecule has 292 valence electrons. The molecule has 0 saturated heterocycles. The molecular formula is C57H38N4O. The van der Waals surface area contributed by atoms with E-state index < -0.39 is 0 Å². The largest absolute Gasteiger partial charge is 0.456 e. The van der Waals surface area contributed by atoms with Gasteiger partial charge in [0.2, 0.25) is 0 Å². The van der Waals surface area contributed by atoms with Gasteiger partial charge in [0.15, 0.2) is 5.84 Å². The first kappa shape index (κ1) is 35.6. The highest BCUT2D eigenvalue weighted by Crippen LogP contribution is 2.38. The minimum absolute atomic E-state index is 0.347. The standard InChI is InChI=1S/C57H38N4O/c1-4-12-37(13-5-1)40-20-24-42(25-21-40)55-58-56(43-26-22-41(23-27-43)38-14-6-2-7-15-38)60-57(59-55)45-28-31-48-49-32-30-46(36-54(49)62-53(48)35-45)61-51-19-11-10-18-47(51)50-34-44(29-33-52(50)61)39-16-8-3-9-17-39/h1-36,55H,(H,58,59,60). The van der Waals surface area contributed by atoms with Crippen molar-refractivity contribution in [1.29, 1.82) is 0 Å². The molecule has 11 aromatic rings. The minimum atomic E-state index is -0.347. The van der Waals surface area contributed by atoms with Crippen molar-refractivity contribution in [2.45, 2.75) is 6.17 Å². The van der Waals surface area contributed by atoms with E-state index in [1.807, 2.05) is 12.1 Å². The van der Waals surface area contributed by atoms with E-state index in [1.165, 1.54) is 33.0 Å². The number of benzene rings is 9. The first-order chi connectivity index (χ1) is 30.7. The van der Waals surface area contributed by atoms with Gasteiger partial charge in [0, 0.05) is 44.4 Å². The molecule has 5 heteroatoms. The number of fused-ring (bicyclic) bond motifs is 6. The highest BCUT2D eigenvalue weighted by atomic mass is 16.3. The predicted molar refractivity (Wildman–Crippen MR) is 256 cm³/mol. The summed E-state index contributed by atoms with van der Waals surface area (Å²) >= 11 is 0. The van der Waals surface area contributed by atoms with Crippen LogP contribution >= 0.6 is 0 Å². The van der Waals surface area contributed by atoms with Crippen LogP contribution in [-0.4, -0.2) is 16.2 Å². The van der Waals surface area contributed by atoms with Gasteiger partial charge in [-0.25, -0.2) is 9.98 Å². The van der Waals surface area contributed by atoms with Crippen molar-refractivity contribution in [3.05, 3.63) is 235 Å². The van der Waals surface area contributed by atoms with Gasteiger partial charge in [-0.2, -0.15) is 0 Å². The van der Waals surface area contributed by atoms with Crippen LogP contribution in [-0.2, 0) is 0 Å². The third-order valence-corrected chi connectivity index (χ3v) is 12.1. The van der Waals surface area contributed by atoms with Gasteiger partial charge in [-0.15, -0.1) is 0 Å². The summed E-state index contributed by atoms with van der Waals surface area (Å²) in [5, 5.41) is 8.24. The highest BCUT2D eigenvalue weighted by Gasteiger charge is 2.23. The fraction of sp³-hybridized carbons (Fsp3) is 0.0175. The minimum Gasteiger partial charge on any atom is -0.456 e. The van der Waals surface area contributed by atoms with Crippen LogP contribution < -0.4 is 5.32 Å². The Morgan fingerprint density at radius 2 is 0.903 bits per heavy atom. The number of para-hydroxylation sites is 1. The Bertz CT molecular complexity index is 3510. The third-order valence-electron chi connectivity index (χ3n) is 12.1. The Morgan fingerprint density at radius 3 is 1.60 bits per heavy atom. The van der Waals surface area contributed by atoms with Crippen LogP contribution in [0, 0.1) is 0 Å². The maximum absolute atomic E-state index is 6.73. The zero-order valence-electron chi connectivity index (χ0n) is 33.6. The molecule has 0 saturated carbocycles. The number of nitrogens with one attached hydrogen (secondary N) is 1. The van der Waals surface area contributed by atoms with E-state index in [9.17, 15) is 0 Å². The van der Waals surface area contributed by atoms with E-state index >= 15 is 0 Å². The van der Waals surface area contributed by atoms with E-state index in [4.69, 9.17) is 14.4 Å². The molecule has 0 bridgehead atoms. The number of amidine groups is 2. The van der Waals surface area contributed by atoms with Gasteiger partial charge in [0.25, 0.3) is 0 Å². The molecule has 1 unspecified atom stereocenters. The number of furan rings is 1. The molecule has 9 aromatic carbocycles. The molecule has 12 rings (SSSR count). The molecule has 62 heavy (non-hydrogen) atoms. The van der Waals surface area contributed by atoms with Crippen molar-refractivity contribution in [3.8, 4) is 39.1 Å². The van der Waals surface area contributed by atoms with Gasteiger partial charge in [-0.05, 0) is 81.4 Å². The average Bonchev–Trinajstić information content (AvgIpc) is 3.89. The Kier molecular flexibility index (Phi) is 8.49. The first-order valence-electron chi connectivity index (χ1n) is 21.0. The van der Waals surface area contributed by atoms with E-state index in [1.54, 1.807) is 0 Å². The van der Waals surface area contributed by atoms with Gasteiger partial charge in [-0.1, -0.05) is 170 Å². The fourth-order valence-corrected chi connectivity index (χ4v) is 8.94. The van der Waals surface area contributed by atoms with Gasteiger partial charge in [0.1, 0.15) is 23.2 Å². The maximum Gasteiger partial charge on any atom is 0.159 e. The van der Waals surface area contributed by atoms with Crippen molar-refractivity contribution in [2.24, 2.45) is 9.98 Å². The summed E-state index contributed by atoms with van der Waals surface area (Å²) in [4.78, 5) is 10.4. The molecule has 0 radical (unpaired) electrons. The Hall–Kier alpha value is -8.28. The van der Waals surface area contributed by atoms with E-state index in [0.29, 0.717) is 5.84 Å². The summed E-state index contributed by atoms with van der Waals surface area (Å²) in [6.07, 6.45) is -0.347. The van der Waals surface area contributed by atoms with Crippen LogP contribution in [0.4, 0.5) is 0 Å². The van der Waals surface area contributed by atoms with Crippen LogP contribution in [0.25, 0.3) is 82.8 Å². The number of nitrogens with zero attached hydrogens (tertiary/aromatic N) is 3. The van der Waals surface area contributed by atoms with Crippen molar-refractivity contribution >= 4 is 55.4 Å². The lowest BCUT2D eigenvalue weighted by Crippen LogP contribution is -2.33. The maximum atomic E-state index is 6.73. The smallest absolute Gasteiger partial charge is 0.159 e. The molecule has 1 aliphatic heterocycles. The normalized spacial score (nSPS) is 14.0. The van der Waals surface area contributed by atoms with E-state index in [-0.39, 0.29) is 6.17 Å². The van der Waals surface area contributed by atoms with E-state index in [0.717, 1.165) is 72.3 Å². The van der Waals surface area contributed by atoms with Crippen LogP contribution in [0.2, 0.25) is 0 Å². The highest BCUT2D eigenvalue weighted by molar-refractivity contribution is 6.15. The second kappa shape index (κ2) is 14.8. The topological polar surface area (TPSA) is 54.8 Å². The number of aromatic nitrogens is 1. The number of hydrogen-bond donors (Lipinski definition) is 1. The van der Waals surface area contributed by atoms with Gasteiger partial charge < -0.3 is 14.3 Å². The molecule has 0 spiro atoms. The van der Waals surface area contributed by atoms with Gasteiger partial charge in [-0.3, -0.25) is 0 Å². The molecular weight excluding hydrogens is 757 g/mol. The summed E-state index contributed by atoms with van der Waals surface area (Å²) in [6.45, 7) is 0. The third kappa shape index (κ3) is 6.27. The second-order valence-electron chi connectivity index (χ2n) is 15.8. The lowest BCUT2D eigenvalue weighted by molar-refractivity contribution is 0.666. The summed E-state index contributed by atoms with van der Waals surface area (Å²) in [5.41, 5.74) is 15.0. The van der Waals surface area contributed by atoms with Crippen LogP contribution in [0.3, 0.4) is 0 Å². The van der Waals surface area contributed by atoms with Gasteiger partial charge in [0.05, 0.1) is 11.0 Å². The fourth-order valence-electron chi connectivity index (χ4n) is 8.94. The lowest BCUT2D eigenvalue weighted by atomic mass is 10.0. The number of rotatable bonds is 7. The molecule has 1 N–H and O–H groups in total. The Balaban J connectivity index is 0.922. The SMILES string of the molecule is c1ccc(-c2ccc(C3=NC(c4ccc(-c5ccccc5)cc4)NC(c4ccc5c(c4)oc4cc(-n6c7ccccc7c7cc(-c8ccccc8)ccc76)ccc45)=N3)cc2)cc1. The van der Waals surface area contributed by atoms with Crippen LogP contribution in [0.5, 0.6) is 0 Å². The Morgan fingerprint density at radius 1 is 0.387 bits per heavy atom. The molecule has 0 fully saturated rings. The molecule has 1 aliphatic rings. The Labute approximate surface area is 358 Å². The number of hydrogen-bond acceptors (Lipinski definition) is 4. The molecule has 3 heterocycles. The quantitative estimate of drug-likeness (QED) is 0.175. The van der Waals surface area contributed by atoms with E-state index in [2.05, 4.69) is 216 Å². The summed E-state index contributed by atoms with van der Waals surface area (Å²) in [6, 6.07) is 76.9. The van der Waals surface area contributed by atoms with Gasteiger partial charge >= 0.3 is 0 Å². The summed E-state index contributed by atoms with van der Waals surface area (Å²) in [7, 11) is 0. The van der Waals surface area contributed by atoms with Crippen molar-refractivity contribution in [2.75, 3.05) is 0 Å². The lowest BCUT2D eigenvalue weighted by Gasteiger charge is -2.24. The number of aliphatic imine (C=N–C) groups is 2. The zero-order chi connectivity index (χ0) is 41.0. The van der Waals surface area contributed by atoms with Crippen molar-refractivity contribution in [1.82, 2.24) is 9.88 Å². The summed E-state index contributed by atoms with van der Waals surface area (Å²) < 4.78 is 9.08.